The van der Waals surface area contributed by atoms with Gasteiger partial charge >= 0.3 is 0 Å². The van der Waals surface area contributed by atoms with Gasteiger partial charge in [-0.25, -0.2) is 13.8 Å². The minimum atomic E-state index is -3.53. The smallest absolute Gasteiger partial charge is 0.243 e. The molecule has 0 saturated carbocycles. The number of amides is 1. The number of carbonyl (C=O) groups excluding carboxylic acids is 2. The van der Waals surface area contributed by atoms with Gasteiger partial charge in [-0.1, -0.05) is 36.4 Å². The van der Waals surface area contributed by atoms with Crippen LogP contribution in [0.25, 0.3) is 0 Å². The lowest BCUT2D eigenvalue weighted by Gasteiger charge is -2.26. The molecule has 1 aliphatic carbocycles. The number of ketones is 1. The van der Waals surface area contributed by atoms with Gasteiger partial charge in [0.25, 0.3) is 0 Å². The van der Waals surface area contributed by atoms with Crippen LogP contribution in [-0.2, 0) is 26.0 Å². The van der Waals surface area contributed by atoms with E-state index in [1.165, 1.54) is 4.31 Å². The number of hydrogen-bond acceptors (Lipinski definition) is 6. The number of fused-ring (bicyclic) bond motifs is 1. The zero-order valence-electron chi connectivity index (χ0n) is 16.9. The van der Waals surface area contributed by atoms with Crippen LogP contribution in [-0.4, -0.2) is 56.4 Å². The van der Waals surface area contributed by atoms with Gasteiger partial charge in [0.1, 0.15) is 0 Å². The third-order valence-corrected chi connectivity index (χ3v) is 7.27. The minimum absolute atomic E-state index is 0.00396. The van der Waals surface area contributed by atoms with Gasteiger partial charge in [0.15, 0.2) is 5.78 Å². The number of nitrogens with one attached hydrogen (secondary N) is 1. The van der Waals surface area contributed by atoms with Crippen molar-refractivity contribution >= 4 is 27.4 Å². The van der Waals surface area contributed by atoms with Crippen molar-refractivity contribution in [3.05, 3.63) is 65.2 Å². The molecule has 2 aliphatic rings. The Morgan fingerprint density at radius 2 is 1.71 bits per heavy atom. The maximum Gasteiger partial charge on any atom is 0.243 e. The van der Waals surface area contributed by atoms with Crippen molar-refractivity contribution in [2.24, 2.45) is 5.10 Å². The second-order valence-corrected chi connectivity index (χ2v) is 9.34. The van der Waals surface area contributed by atoms with Crippen LogP contribution in [0.4, 0.5) is 0 Å². The number of aryl methyl sites for hydroxylation is 1. The fraction of sp³-hybridized carbons (Fsp3) is 0.318. The predicted octanol–water partition coefficient (Wildman–Crippen LogP) is 1.75. The summed E-state index contributed by atoms with van der Waals surface area (Å²) in [6.45, 7) is 1.50. The van der Waals surface area contributed by atoms with Crippen molar-refractivity contribution in [2.75, 3.05) is 26.3 Å². The van der Waals surface area contributed by atoms with E-state index in [9.17, 15) is 18.0 Å². The van der Waals surface area contributed by atoms with Gasteiger partial charge in [-0.3, -0.25) is 9.59 Å². The molecule has 31 heavy (non-hydrogen) atoms. The van der Waals surface area contributed by atoms with Crippen molar-refractivity contribution < 1.29 is 22.7 Å². The van der Waals surface area contributed by atoms with Gasteiger partial charge in [-0.2, -0.15) is 9.41 Å². The van der Waals surface area contributed by atoms with Gasteiger partial charge in [0.2, 0.25) is 15.9 Å². The second kappa shape index (κ2) is 9.09. The molecule has 1 saturated heterocycles. The summed E-state index contributed by atoms with van der Waals surface area (Å²) in [6.07, 6.45) is 0.824. The topological polar surface area (TPSA) is 105 Å². The van der Waals surface area contributed by atoms with Crippen molar-refractivity contribution in [3.8, 4) is 0 Å². The largest absolute Gasteiger partial charge is 0.379 e. The number of nitrogens with zero attached hydrogens (tertiary/aromatic N) is 2. The van der Waals surface area contributed by atoms with E-state index < -0.39 is 10.0 Å². The zero-order chi connectivity index (χ0) is 21.8. The number of hydrazone groups is 1. The lowest BCUT2D eigenvalue weighted by atomic mass is 10.1. The van der Waals surface area contributed by atoms with E-state index in [2.05, 4.69) is 10.5 Å². The Morgan fingerprint density at radius 1 is 1.03 bits per heavy atom. The number of hydrogen-bond donors (Lipinski definition) is 1. The molecule has 0 bridgehead atoms. The fourth-order valence-corrected chi connectivity index (χ4v) is 5.04. The minimum Gasteiger partial charge on any atom is -0.379 e. The van der Waals surface area contributed by atoms with Gasteiger partial charge in [-0.05, 0) is 24.1 Å². The highest BCUT2D eigenvalue weighted by atomic mass is 32.2. The average Bonchev–Trinajstić information content (AvgIpc) is 3.13. The van der Waals surface area contributed by atoms with E-state index in [0.29, 0.717) is 44.0 Å². The third kappa shape index (κ3) is 4.73. The molecular formula is C22H23N3O5S. The molecule has 1 heterocycles. The Morgan fingerprint density at radius 3 is 2.42 bits per heavy atom. The Hall–Kier alpha value is -2.88. The first-order chi connectivity index (χ1) is 14.9. The molecule has 0 atom stereocenters. The average molecular weight is 442 g/mol. The summed E-state index contributed by atoms with van der Waals surface area (Å²) in [5.41, 5.74) is 5.31. The monoisotopic (exact) mass is 441 g/mol. The van der Waals surface area contributed by atoms with Crippen molar-refractivity contribution in [2.45, 2.75) is 24.2 Å². The van der Waals surface area contributed by atoms with Gasteiger partial charge < -0.3 is 4.74 Å². The van der Waals surface area contributed by atoms with Gasteiger partial charge in [-0.15, -0.1) is 0 Å². The molecule has 2 aromatic carbocycles. The van der Waals surface area contributed by atoms with Gasteiger partial charge in [0, 0.05) is 30.6 Å². The summed E-state index contributed by atoms with van der Waals surface area (Å²) in [6, 6.07) is 13.8. The van der Waals surface area contributed by atoms with Crippen LogP contribution in [0.3, 0.4) is 0 Å². The highest BCUT2D eigenvalue weighted by molar-refractivity contribution is 7.89. The lowest BCUT2D eigenvalue weighted by Crippen LogP contribution is -2.40. The number of morpholine rings is 1. The molecule has 1 amide bonds. The molecule has 0 aromatic heterocycles. The molecule has 8 nitrogen and oxygen atoms in total. The van der Waals surface area contributed by atoms with Gasteiger partial charge in [0.05, 0.1) is 30.2 Å². The first-order valence-corrected chi connectivity index (χ1v) is 11.5. The summed E-state index contributed by atoms with van der Waals surface area (Å²) in [7, 11) is -3.53. The fourth-order valence-electron chi connectivity index (χ4n) is 3.63. The highest BCUT2D eigenvalue weighted by Gasteiger charge is 2.26. The van der Waals surface area contributed by atoms with E-state index in [4.69, 9.17) is 4.74 Å². The maximum absolute atomic E-state index is 12.7. The van der Waals surface area contributed by atoms with Crippen LogP contribution in [0.5, 0.6) is 0 Å². The summed E-state index contributed by atoms with van der Waals surface area (Å²) in [4.78, 5) is 24.4. The SMILES string of the molecule is O=C(CCc1ccc(S(=O)(=O)N2CCOCC2)cc1)NN=C1CC(=O)c2ccccc21. The second-order valence-electron chi connectivity index (χ2n) is 7.40. The van der Waals surface area contributed by atoms with E-state index in [0.717, 1.165) is 11.1 Å². The standard InChI is InChI=1S/C22H23N3O5S/c26-21-15-20(18-3-1-2-4-19(18)21)23-24-22(27)10-7-16-5-8-17(9-6-16)31(28,29)25-11-13-30-14-12-25/h1-6,8-9H,7,10-15H2,(H,24,27). The van der Waals surface area contributed by atoms with E-state index in [1.807, 2.05) is 12.1 Å². The van der Waals surface area contributed by atoms with Crippen molar-refractivity contribution in [3.63, 3.8) is 0 Å². The number of benzene rings is 2. The number of ether oxygens (including phenoxy) is 1. The summed E-state index contributed by atoms with van der Waals surface area (Å²) < 4.78 is 31.9. The van der Waals surface area contributed by atoms with Crippen LogP contribution >= 0.6 is 0 Å². The van der Waals surface area contributed by atoms with Crippen molar-refractivity contribution in [1.29, 1.82) is 0 Å². The molecule has 1 aliphatic heterocycles. The molecule has 0 unspecified atom stereocenters. The highest BCUT2D eigenvalue weighted by Crippen LogP contribution is 2.22. The molecule has 162 valence electrons. The molecular weight excluding hydrogens is 418 g/mol. The predicted molar refractivity (Wildman–Crippen MR) is 114 cm³/mol. The quantitative estimate of drug-likeness (QED) is 0.688. The van der Waals surface area contributed by atoms with Crippen molar-refractivity contribution in [1.82, 2.24) is 9.73 Å². The Bertz CT molecular complexity index is 1120. The van der Waals surface area contributed by atoms with Crippen LogP contribution in [0, 0.1) is 0 Å². The molecule has 1 N–H and O–H groups in total. The normalized spacial score (nSPS) is 18.2. The van der Waals surface area contributed by atoms with E-state index >= 15 is 0 Å². The third-order valence-electron chi connectivity index (χ3n) is 5.35. The molecule has 0 radical (unpaired) electrons. The molecule has 2 aromatic rings. The lowest BCUT2D eigenvalue weighted by molar-refractivity contribution is -0.121. The maximum atomic E-state index is 12.7. The first-order valence-electron chi connectivity index (χ1n) is 10.1. The number of Topliss-reactive ketones (excluding diaryl/α,β-unsaturated/α-hetero) is 1. The summed E-state index contributed by atoms with van der Waals surface area (Å²) >= 11 is 0. The Balaban J connectivity index is 1.32. The molecule has 9 heteroatoms. The molecule has 0 spiro atoms. The zero-order valence-corrected chi connectivity index (χ0v) is 17.7. The Kier molecular flexibility index (Phi) is 6.26. The van der Waals surface area contributed by atoms with Crippen LogP contribution < -0.4 is 5.43 Å². The number of carbonyl (C=O) groups is 2. The molecule has 4 rings (SSSR count). The van der Waals surface area contributed by atoms with E-state index in [1.54, 1.807) is 36.4 Å². The van der Waals surface area contributed by atoms with E-state index in [-0.39, 0.29) is 29.4 Å². The summed E-state index contributed by atoms with van der Waals surface area (Å²) in [5.74, 6) is -0.273. The number of sulfonamides is 1. The number of rotatable bonds is 6. The Labute approximate surface area is 180 Å². The van der Waals surface area contributed by atoms with Crippen LogP contribution in [0.1, 0.15) is 34.3 Å². The summed E-state index contributed by atoms with van der Waals surface area (Å²) in [5, 5.41) is 4.13. The first kappa shape index (κ1) is 21.4. The molecule has 1 fully saturated rings. The van der Waals surface area contributed by atoms with Crippen LogP contribution in [0.15, 0.2) is 58.5 Å². The van der Waals surface area contributed by atoms with Crippen LogP contribution in [0.2, 0.25) is 0 Å².